The van der Waals surface area contributed by atoms with Crippen molar-refractivity contribution in [3.8, 4) is 0 Å². The second-order valence-corrected chi connectivity index (χ2v) is 4.38. The van der Waals surface area contributed by atoms with Crippen molar-refractivity contribution in [2.45, 2.75) is 0 Å². The minimum Gasteiger partial charge on any atom is -0.364 e. The summed E-state index contributed by atoms with van der Waals surface area (Å²) in [5, 5.41) is 9.20. The van der Waals surface area contributed by atoms with Gasteiger partial charge in [0, 0.05) is 21.8 Å². The van der Waals surface area contributed by atoms with Crippen LogP contribution in [0, 0.1) is 0 Å². The molecule has 1 heterocycles. The van der Waals surface area contributed by atoms with Crippen LogP contribution in [0.4, 0.5) is 0 Å². The molecule has 0 spiro atoms. The molecule has 6 heteroatoms. The summed E-state index contributed by atoms with van der Waals surface area (Å²) in [7, 11) is 1.74. The molecule has 1 aromatic rings. The van der Waals surface area contributed by atoms with Gasteiger partial charge in [-0.05, 0) is 34.2 Å². The van der Waals surface area contributed by atoms with E-state index in [-0.39, 0.29) is 0 Å². The van der Waals surface area contributed by atoms with Crippen molar-refractivity contribution >= 4 is 50.8 Å². The topological polar surface area (TPSA) is 36.4 Å². The van der Waals surface area contributed by atoms with Crippen molar-refractivity contribution in [3.05, 3.63) is 20.8 Å². The highest BCUT2D eigenvalue weighted by Crippen LogP contribution is 2.17. The van der Waals surface area contributed by atoms with E-state index in [0.29, 0.717) is 5.11 Å². The van der Waals surface area contributed by atoms with Crippen molar-refractivity contribution < 1.29 is 0 Å². The summed E-state index contributed by atoms with van der Waals surface area (Å²) >= 11 is 9.80. The molecule has 3 nitrogen and oxygen atoms in total. The van der Waals surface area contributed by atoms with Crippen molar-refractivity contribution in [1.29, 1.82) is 0 Å². The van der Waals surface area contributed by atoms with Crippen LogP contribution >= 0.6 is 39.5 Å². The molecule has 1 aromatic heterocycles. The fraction of sp³-hybridized carbons (Fsp3) is 0.143. The van der Waals surface area contributed by atoms with E-state index in [4.69, 9.17) is 12.2 Å². The van der Waals surface area contributed by atoms with Gasteiger partial charge in [0.05, 0.1) is 6.21 Å². The number of hydrogen-bond acceptors (Lipinski definition) is 3. The smallest absolute Gasteiger partial charge is 0.186 e. The van der Waals surface area contributed by atoms with Crippen molar-refractivity contribution in [1.82, 2.24) is 10.7 Å². The van der Waals surface area contributed by atoms with Crippen molar-refractivity contribution in [2.75, 3.05) is 7.05 Å². The summed E-state index contributed by atoms with van der Waals surface area (Å²) in [6.07, 6.45) is 1.72. The molecule has 0 radical (unpaired) electrons. The summed E-state index contributed by atoms with van der Waals surface area (Å²) < 4.78 is 1.06. The average Bonchev–Trinajstić information content (AvgIpc) is 2.51. The van der Waals surface area contributed by atoms with Crippen LogP contribution < -0.4 is 10.7 Å². The van der Waals surface area contributed by atoms with Crippen LogP contribution in [0.1, 0.15) is 4.88 Å². The predicted molar refractivity (Wildman–Crippen MR) is 64.4 cm³/mol. The maximum atomic E-state index is 4.83. The van der Waals surface area contributed by atoms with Gasteiger partial charge in [-0.25, -0.2) is 0 Å². The first-order valence-corrected chi connectivity index (χ1v) is 5.55. The van der Waals surface area contributed by atoms with Gasteiger partial charge in [-0.2, -0.15) is 5.10 Å². The standard InChI is InChI=1S/C7H8BrN3S2/c1-9-7(12)11-10-3-6-2-5(8)4-13-6/h2-4H,1H3,(H2,9,11,12)/b10-3-. The molecule has 0 atom stereocenters. The molecule has 0 aliphatic rings. The van der Waals surface area contributed by atoms with Gasteiger partial charge in [-0.15, -0.1) is 11.3 Å². The molecule has 2 N–H and O–H groups in total. The summed E-state index contributed by atoms with van der Waals surface area (Å²) in [6, 6.07) is 1.98. The number of nitrogens with one attached hydrogen (secondary N) is 2. The molecule has 0 saturated heterocycles. The number of hydrazone groups is 1. The van der Waals surface area contributed by atoms with Crippen LogP contribution in [0.5, 0.6) is 0 Å². The molecule has 70 valence electrons. The third-order valence-corrected chi connectivity index (χ3v) is 3.10. The van der Waals surface area contributed by atoms with Crippen molar-refractivity contribution in [3.63, 3.8) is 0 Å². The molecule has 0 unspecified atom stereocenters. The van der Waals surface area contributed by atoms with Gasteiger partial charge in [0.15, 0.2) is 5.11 Å². The lowest BCUT2D eigenvalue weighted by molar-refractivity contribution is 0.982. The quantitative estimate of drug-likeness (QED) is 0.493. The summed E-state index contributed by atoms with van der Waals surface area (Å²) in [5.41, 5.74) is 2.67. The van der Waals surface area contributed by atoms with Gasteiger partial charge < -0.3 is 5.32 Å². The highest BCUT2D eigenvalue weighted by Gasteiger charge is 1.92. The lowest BCUT2D eigenvalue weighted by Crippen LogP contribution is -2.28. The third kappa shape index (κ3) is 3.84. The monoisotopic (exact) mass is 277 g/mol. The van der Waals surface area contributed by atoms with Crippen LogP contribution in [0.25, 0.3) is 0 Å². The minimum absolute atomic E-state index is 0.506. The van der Waals surface area contributed by atoms with E-state index in [1.54, 1.807) is 24.6 Å². The molecule has 0 fully saturated rings. The average molecular weight is 278 g/mol. The van der Waals surface area contributed by atoms with Crippen LogP contribution in [0.2, 0.25) is 0 Å². The number of halogens is 1. The van der Waals surface area contributed by atoms with Gasteiger partial charge in [-0.3, -0.25) is 5.43 Å². The van der Waals surface area contributed by atoms with Crippen molar-refractivity contribution in [2.24, 2.45) is 5.10 Å². The van der Waals surface area contributed by atoms with Gasteiger partial charge in [-0.1, -0.05) is 0 Å². The lowest BCUT2D eigenvalue weighted by Gasteiger charge is -1.98. The van der Waals surface area contributed by atoms with E-state index in [2.05, 4.69) is 31.8 Å². The van der Waals surface area contributed by atoms with Gasteiger partial charge >= 0.3 is 0 Å². The number of hydrogen-bond donors (Lipinski definition) is 2. The summed E-state index contributed by atoms with van der Waals surface area (Å²) in [5.74, 6) is 0. The third-order valence-electron chi connectivity index (χ3n) is 1.17. The molecule has 0 aromatic carbocycles. The Morgan fingerprint density at radius 3 is 3.08 bits per heavy atom. The van der Waals surface area contributed by atoms with Crippen LogP contribution in [-0.4, -0.2) is 18.4 Å². The first kappa shape index (κ1) is 10.6. The van der Waals surface area contributed by atoms with Crippen LogP contribution in [0.15, 0.2) is 21.0 Å². The predicted octanol–water partition coefficient (Wildman–Crippen LogP) is 1.94. The van der Waals surface area contributed by atoms with Gasteiger partial charge in [0.1, 0.15) is 0 Å². The number of thiophene rings is 1. The lowest BCUT2D eigenvalue weighted by atomic mass is 10.5. The Morgan fingerprint density at radius 1 is 1.77 bits per heavy atom. The second-order valence-electron chi connectivity index (χ2n) is 2.12. The fourth-order valence-electron chi connectivity index (χ4n) is 0.606. The molecule has 0 bridgehead atoms. The minimum atomic E-state index is 0.506. The first-order valence-electron chi connectivity index (χ1n) is 3.47. The van der Waals surface area contributed by atoms with Gasteiger partial charge in [0.2, 0.25) is 0 Å². The normalized spacial score (nSPS) is 10.3. The van der Waals surface area contributed by atoms with Gasteiger partial charge in [0.25, 0.3) is 0 Å². The van der Waals surface area contributed by atoms with E-state index in [0.717, 1.165) is 9.35 Å². The first-order chi connectivity index (χ1) is 6.22. The molecule has 0 saturated carbocycles. The van der Waals surface area contributed by atoms with E-state index in [1.807, 2.05) is 11.4 Å². The molecular weight excluding hydrogens is 270 g/mol. The molecule has 0 aliphatic heterocycles. The number of rotatable bonds is 2. The number of nitrogens with zero attached hydrogens (tertiary/aromatic N) is 1. The number of thiocarbonyl (C=S) groups is 1. The Kier molecular flexibility index (Phi) is 4.34. The molecule has 13 heavy (non-hydrogen) atoms. The van der Waals surface area contributed by atoms with Crippen LogP contribution in [-0.2, 0) is 0 Å². The van der Waals surface area contributed by atoms with E-state index in [1.165, 1.54) is 0 Å². The maximum absolute atomic E-state index is 4.83. The zero-order valence-electron chi connectivity index (χ0n) is 6.87. The maximum Gasteiger partial charge on any atom is 0.186 e. The zero-order chi connectivity index (χ0) is 9.68. The Hall–Kier alpha value is -0.460. The highest BCUT2D eigenvalue weighted by molar-refractivity contribution is 9.10. The second kappa shape index (κ2) is 5.31. The fourth-order valence-corrected chi connectivity index (χ4v) is 1.96. The zero-order valence-corrected chi connectivity index (χ0v) is 10.1. The Bertz CT molecular complexity index is 321. The molecular formula is C7H8BrN3S2. The molecule has 1 rings (SSSR count). The molecule has 0 aliphatic carbocycles. The largest absolute Gasteiger partial charge is 0.364 e. The SMILES string of the molecule is CNC(=S)N/N=C\c1cc(Br)cs1. The Balaban J connectivity index is 2.45. The molecule has 0 amide bonds. The highest BCUT2D eigenvalue weighted by atomic mass is 79.9. The van der Waals surface area contributed by atoms with E-state index in [9.17, 15) is 0 Å². The summed E-state index contributed by atoms with van der Waals surface area (Å²) in [4.78, 5) is 1.07. The Morgan fingerprint density at radius 2 is 2.54 bits per heavy atom. The Labute approximate surface area is 94.4 Å². The summed E-state index contributed by atoms with van der Waals surface area (Å²) in [6.45, 7) is 0. The van der Waals surface area contributed by atoms with E-state index < -0.39 is 0 Å². The van der Waals surface area contributed by atoms with Crippen LogP contribution in [0.3, 0.4) is 0 Å². The van der Waals surface area contributed by atoms with E-state index >= 15 is 0 Å².